The zero-order chi connectivity index (χ0) is 12.9. The Balaban J connectivity index is 1.80. The van der Waals surface area contributed by atoms with E-state index in [9.17, 15) is 0 Å². The Morgan fingerprint density at radius 2 is 1.79 bits per heavy atom. The standard InChI is InChI=1S/C16H12N3/c1-2-5-13(6-3-1)14-8-9-16(18-11-14)19-15-7-4-10-17-12-15/h2-12H,(H,18,19). The van der Waals surface area contributed by atoms with Gasteiger partial charge in [0.25, 0.3) is 0 Å². The average Bonchev–Trinajstić information content (AvgIpc) is 2.50. The fraction of sp³-hybridized carbons (Fsp3) is 0. The lowest BCUT2D eigenvalue weighted by Crippen LogP contribution is -1.93. The van der Waals surface area contributed by atoms with Gasteiger partial charge in [-0.3, -0.25) is 4.98 Å². The summed E-state index contributed by atoms with van der Waals surface area (Å²) in [5.41, 5.74) is 3.15. The highest BCUT2D eigenvalue weighted by molar-refractivity contribution is 5.64. The van der Waals surface area contributed by atoms with E-state index in [0.29, 0.717) is 0 Å². The molecule has 0 saturated carbocycles. The molecule has 0 bridgehead atoms. The van der Waals surface area contributed by atoms with Gasteiger partial charge in [0, 0.05) is 18.0 Å². The lowest BCUT2D eigenvalue weighted by Gasteiger charge is -2.06. The molecule has 0 atom stereocenters. The molecule has 0 fully saturated rings. The second-order valence-corrected chi connectivity index (χ2v) is 4.09. The molecule has 0 aliphatic heterocycles. The van der Waals surface area contributed by atoms with Crippen LogP contribution in [0.1, 0.15) is 0 Å². The highest BCUT2D eigenvalue weighted by Gasteiger charge is 1.99. The van der Waals surface area contributed by atoms with Crippen LogP contribution < -0.4 is 5.32 Å². The molecule has 3 rings (SSSR count). The van der Waals surface area contributed by atoms with E-state index >= 15 is 0 Å². The van der Waals surface area contributed by atoms with Crippen LogP contribution in [0.5, 0.6) is 0 Å². The predicted molar refractivity (Wildman–Crippen MR) is 76.0 cm³/mol. The summed E-state index contributed by atoms with van der Waals surface area (Å²) in [6.07, 6.45) is 5.37. The number of benzene rings is 1. The summed E-state index contributed by atoms with van der Waals surface area (Å²) in [4.78, 5) is 8.45. The van der Waals surface area contributed by atoms with Crippen molar-refractivity contribution in [3.05, 3.63) is 73.2 Å². The zero-order valence-electron chi connectivity index (χ0n) is 10.2. The minimum atomic E-state index is 0.805. The van der Waals surface area contributed by atoms with E-state index in [1.165, 1.54) is 0 Å². The maximum absolute atomic E-state index is 4.40. The van der Waals surface area contributed by atoms with E-state index in [1.54, 1.807) is 12.4 Å². The molecule has 0 amide bonds. The lowest BCUT2D eigenvalue weighted by molar-refractivity contribution is 1.28. The number of hydrogen-bond acceptors (Lipinski definition) is 3. The summed E-state index contributed by atoms with van der Waals surface area (Å²) >= 11 is 0. The average molecular weight is 246 g/mol. The highest BCUT2D eigenvalue weighted by atomic mass is 15.0. The van der Waals surface area contributed by atoms with Gasteiger partial charge in [-0.2, -0.15) is 0 Å². The van der Waals surface area contributed by atoms with Gasteiger partial charge in [0.2, 0.25) is 0 Å². The largest absolute Gasteiger partial charge is 0.339 e. The van der Waals surface area contributed by atoms with Crippen molar-refractivity contribution >= 4 is 11.5 Å². The van der Waals surface area contributed by atoms with Crippen molar-refractivity contribution in [3.8, 4) is 11.1 Å². The molecule has 0 unspecified atom stereocenters. The van der Waals surface area contributed by atoms with E-state index in [1.807, 2.05) is 54.7 Å². The van der Waals surface area contributed by atoms with Crippen LogP contribution in [-0.2, 0) is 0 Å². The van der Waals surface area contributed by atoms with Gasteiger partial charge >= 0.3 is 0 Å². The summed E-state index contributed by atoms with van der Waals surface area (Å²) in [6, 6.07) is 18.7. The first-order valence-corrected chi connectivity index (χ1v) is 6.01. The molecule has 2 aromatic heterocycles. The molecule has 3 heteroatoms. The second kappa shape index (κ2) is 5.31. The van der Waals surface area contributed by atoms with Crippen LogP contribution >= 0.6 is 0 Å². The summed E-state index contributed by atoms with van der Waals surface area (Å²) in [5.74, 6) is 0.805. The molecule has 2 heterocycles. The SMILES string of the molecule is [c]1ccc(-c2ccc(Nc3cccnc3)nc2)cc1. The first-order valence-electron chi connectivity index (χ1n) is 6.01. The van der Waals surface area contributed by atoms with Gasteiger partial charge in [0.1, 0.15) is 5.82 Å². The molecule has 1 radical (unpaired) electrons. The van der Waals surface area contributed by atoms with Crippen molar-refractivity contribution in [2.75, 3.05) is 5.32 Å². The molecule has 19 heavy (non-hydrogen) atoms. The van der Waals surface area contributed by atoms with Gasteiger partial charge in [0.15, 0.2) is 0 Å². The number of rotatable bonds is 3. The third kappa shape index (κ3) is 2.77. The Hall–Kier alpha value is -2.68. The zero-order valence-corrected chi connectivity index (χ0v) is 10.2. The molecule has 1 aromatic carbocycles. The van der Waals surface area contributed by atoms with Crippen LogP contribution in [0.3, 0.4) is 0 Å². The van der Waals surface area contributed by atoms with Crippen molar-refractivity contribution < 1.29 is 0 Å². The maximum Gasteiger partial charge on any atom is 0.130 e. The third-order valence-electron chi connectivity index (χ3n) is 2.75. The summed E-state index contributed by atoms with van der Waals surface area (Å²) in [5, 5.41) is 3.20. The van der Waals surface area contributed by atoms with Crippen LogP contribution in [0.2, 0.25) is 0 Å². The van der Waals surface area contributed by atoms with Gasteiger partial charge in [-0.1, -0.05) is 24.3 Å². The quantitative estimate of drug-likeness (QED) is 0.766. The first-order chi connectivity index (χ1) is 9.42. The predicted octanol–water partition coefficient (Wildman–Crippen LogP) is 3.69. The smallest absolute Gasteiger partial charge is 0.130 e. The van der Waals surface area contributed by atoms with Gasteiger partial charge in [-0.15, -0.1) is 0 Å². The molecular formula is C16H12N3. The summed E-state index contributed by atoms with van der Waals surface area (Å²) in [7, 11) is 0. The third-order valence-corrected chi connectivity index (χ3v) is 2.75. The van der Waals surface area contributed by atoms with Gasteiger partial charge in [0.05, 0.1) is 11.9 Å². The van der Waals surface area contributed by atoms with Crippen molar-refractivity contribution in [3.63, 3.8) is 0 Å². The molecule has 0 spiro atoms. The normalized spacial score (nSPS) is 10.1. The minimum Gasteiger partial charge on any atom is -0.339 e. The van der Waals surface area contributed by atoms with E-state index in [-0.39, 0.29) is 0 Å². The first kappa shape index (κ1) is 11.4. The van der Waals surface area contributed by atoms with E-state index < -0.39 is 0 Å². The Morgan fingerprint density at radius 1 is 0.895 bits per heavy atom. The van der Waals surface area contributed by atoms with E-state index in [0.717, 1.165) is 22.6 Å². The summed E-state index contributed by atoms with van der Waals surface area (Å²) in [6.45, 7) is 0. The van der Waals surface area contributed by atoms with Gasteiger partial charge in [-0.05, 0) is 35.9 Å². The Bertz CT molecular complexity index is 634. The number of nitrogens with zero attached hydrogens (tertiary/aromatic N) is 2. The van der Waals surface area contributed by atoms with Crippen LogP contribution in [0.25, 0.3) is 11.1 Å². The minimum absolute atomic E-state index is 0.805. The van der Waals surface area contributed by atoms with Crippen LogP contribution in [-0.4, -0.2) is 9.97 Å². The fourth-order valence-corrected chi connectivity index (χ4v) is 1.80. The Kier molecular flexibility index (Phi) is 3.19. The van der Waals surface area contributed by atoms with Gasteiger partial charge in [-0.25, -0.2) is 4.98 Å². The van der Waals surface area contributed by atoms with E-state index in [4.69, 9.17) is 0 Å². The van der Waals surface area contributed by atoms with E-state index in [2.05, 4.69) is 21.4 Å². The molecule has 3 aromatic rings. The molecule has 0 aliphatic carbocycles. The van der Waals surface area contributed by atoms with Crippen LogP contribution in [0, 0.1) is 6.07 Å². The Morgan fingerprint density at radius 3 is 2.47 bits per heavy atom. The number of pyridine rings is 2. The van der Waals surface area contributed by atoms with Gasteiger partial charge < -0.3 is 5.32 Å². The number of aromatic nitrogens is 2. The topological polar surface area (TPSA) is 37.8 Å². The van der Waals surface area contributed by atoms with Crippen molar-refractivity contribution in [1.29, 1.82) is 0 Å². The maximum atomic E-state index is 4.40. The Labute approximate surface area is 112 Å². The molecule has 3 nitrogen and oxygen atoms in total. The summed E-state index contributed by atoms with van der Waals surface area (Å²) < 4.78 is 0. The molecule has 0 saturated heterocycles. The fourth-order valence-electron chi connectivity index (χ4n) is 1.80. The number of nitrogens with one attached hydrogen (secondary N) is 1. The number of hydrogen-bond donors (Lipinski definition) is 1. The molecule has 0 aliphatic rings. The van der Waals surface area contributed by atoms with Crippen molar-refractivity contribution in [2.24, 2.45) is 0 Å². The van der Waals surface area contributed by atoms with Crippen LogP contribution in [0.4, 0.5) is 11.5 Å². The molecule has 91 valence electrons. The van der Waals surface area contributed by atoms with Crippen molar-refractivity contribution in [1.82, 2.24) is 9.97 Å². The second-order valence-electron chi connectivity index (χ2n) is 4.09. The number of anilines is 2. The molecule has 1 N–H and O–H groups in total. The monoisotopic (exact) mass is 246 g/mol. The molecular weight excluding hydrogens is 234 g/mol. The van der Waals surface area contributed by atoms with Crippen molar-refractivity contribution in [2.45, 2.75) is 0 Å². The van der Waals surface area contributed by atoms with Crippen LogP contribution in [0.15, 0.2) is 67.1 Å². The lowest BCUT2D eigenvalue weighted by atomic mass is 10.1. The highest BCUT2D eigenvalue weighted by Crippen LogP contribution is 2.20.